The smallest absolute Gasteiger partial charge is 0.298 e. The van der Waals surface area contributed by atoms with E-state index in [2.05, 4.69) is 26.1 Å². The summed E-state index contributed by atoms with van der Waals surface area (Å²) in [5.74, 6) is 0.380. The molecule has 0 spiro atoms. The molecule has 0 radical (unpaired) electrons. The van der Waals surface area contributed by atoms with Gasteiger partial charge in [-0.3, -0.25) is 4.79 Å². The molecule has 7 nitrogen and oxygen atoms in total. The molecule has 28 heavy (non-hydrogen) atoms. The van der Waals surface area contributed by atoms with E-state index in [0.717, 1.165) is 40.7 Å². The summed E-state index contributed by atoms with van der Waals surface area (Å²) < 4.78 is 15.2. The molecule has 3 aromatic rings. The summed E-state index contributed by atoms with van der Waals surface area (Å²) in [6, 6.07) is 9.83. The Kier molecular flexibility index (Phi) is 5.32. The fraction of sp³-hybridized carbons (Fsp3) is 0.350. The molecule has 0 amide bonds. The van der Waals surface area contributed by atoms with Crippen LogP contribution in [-0.4, -0.2) is 33.3 Å². The summed E-state index contributed by atoms with van der Waals surface area (Å²) in [4.78, 5) is 13.3. The van der Waals surface area contributed by atoms with Crippen molar-refractivity contribution >= 4 is 15.9 Å². The fourth-order valence-corrected chi connectivity index (χ4v) is 3.64. The van der Waals surface area contributed by atoms with Gasteiger partial charge in [0.2, 0.25) is 0 Å². The summed E-state index contributed by atoms with van der Waals surface area (Å²) in [5.41, 5.74) is 2.64. The van der Waals surface area contributed by atoms with Crippen LogP contribution in [0.1, 0.15) is 31.2 Å². The van der Waals surface area contributed by atoms with Crippen molar-refractivity contribution in [2.75, 3.05) is 13.7 Å². The summed E-state index contributed by atoms with van der Waals surface area (Å²) in [6.45, 7) is 2.55. The number of ether oxygens (including phenoxy) is 2. The van der Waals surface area contributed by atoms with Gasteiger partial charge < -0.3 is 9.47 Å². The van der Waals surface area contributed by atoms with Crippen molar-refractivity contribution in [2.45, 2.75) is 32.4 Å². The Bertz CT molecular complexity index is 1040. The number of aromatic nitrogens is 4. The maximum Gasteiger partial charge on any atom is 0.298 e. The van der Waals surface area contributed by atoms with Crippen molar-refractivity contribution in [3.63, 3.8) is 0 Å². The molecule has 8 heteroatoms. The minimum Gasteiger partial charge on any atom is -0.493 e. The maximum absolute atomic E-state index is 13.3. The van der Waals surface area contributed by atoms with Gasteiger partial charge >= 0.3 is 0 Å². The van der Waals surface area contributed by atoms with E-state index in [4.69, 9.17) is 9.47 Å². The largest absolute Gasteiger partial charge is 0.493 e. The van der Waals surface area contributed by atoms with Crippen LogP contribution in [-0.2, 0) is 4.74 Å². The first-order valence-corrected chi connectivity index (χ1v) is 9.98. The average molecular weight is 445 g/mol. The topological polar surface area (TPSA) is 71.2 Å². The molecule has 1 aliphatic heterocycles. The van der Waals surface area contributed by atoms with Gasteiger partial charge in [-0.2, -0.15) is 14.9 Å². The van der Waals surface area contributed by atoms with Crippen LogP contribution in [0.4, 0.5) is 0 Å². The quantitative estimate of drug-likeness (QED) is 0.610. The average Bonchev–Trinajstić information content (AvgIpc) is 3.10. The molecule has 1 saturated heterocycles. The predicted molar refractivity (Wildman–Crippen MR) is 109 cm³/mol. The van der Waals surface area contributed by atoms with Crippen molar-refractivity contribution in [3.05, 3.63) is 57.0 Å². The van der Waals surface area contributed by atoms with Crippen molar-refractivity contribution in [1.29, 1.82) is 0 Å². The molecule has 0 aliphatic carbocycles. The third kappa shape index (κ3) is 3.49. The maximum atomic E-state index is 13.3. The van der Waals surface area contributed by atoms with Crippen LogP contribution in [0.3, 0.4) is 0 Å². The zero-order valence-corrected chi connectivity index (χ0v) is 17.3. The molecule has 146 valence electrons. The number of hydrogen-bond acceptors (Lipinski definition) is 5. The Hall–Kier alpha value is -2.45. The van der Waals surface area contributed by atoms with E-state index in [0.29, 0.717) is 18.0 Å². The van der Waals surface area contributed by atoms with Crippen LogP contribution in [0.2, 0.25) is 0 Å². The number of rotatable bonds is 4. The molecule has 1 unspecified atom stereocenters. The number of aryl methyl sites for hydroxylation is 1. The van der Waals surface area contributed by atoms with Crippen LogP contribution in [0.15, 0.2) is 45.8 Å². The lowest BCUT2D eigenvalue weighted by molar-refractivity contribution is -0.0426. The number of benzene rings is 1. The summed E-state index contributed by atoms with van der Waals surface area (Å²) in [5, 5.41) is 8.95. The summed E-state index contributed by atoms with van der Waals surface area (Å²) in [6.07, 6.45) is 3.97. The molecule has 0 bridgehead atoms. The molecule has 2 aromatic heterocycles. The molecule has 3 heterocycles. The van der Waals surface area contributed by atoms with E-state index in [-0.39, 0.29) is 11.8 Å². The van der Waals surface area contributed by atoms with Crippen molar-refractivity contribution in [1.82, 2.24) is 19.6 Å². The second-order valence-corrected chi connectivity index (χ2v) is 7.64. The molecule has 1 aliphatic rings. The lowest BCUT2D eigenvalue weighted by atomic mass is 10.1. The van der Waals surface area contributed by atoms with Gasteiger partial charge in [0.05, 0.1) is 19.0 Å². The molecule has 4 rings (SSSR count). The second kappa shape index (κ2) is 7.89. The van der Waals surface area contributed by atoms with Crippen molar-refractivity contribution in [2.24, 2.45) is 0 Å². The second-order valence-electron chi connectivity index (χ2n) is 6.72. The summed E-state index contributed by atoms with van der Waals surface area (Å²) in [7, 11) is 1.52. The molecule has 0 saturated carbocycles. The third-order valence-electron chi connectivity index (χ3n) is 4.83. The molecule has 1 fully saturated rings. The first kappa shape index (κ1) is 18.9. The Balaban J connectivity index is 1.82. The lowest BCUT2D eigenvalue weighted by Crippen LogP contribution is -2.33. The van der Waals surface area contributed by atoms with Crippen LogP contribution in [0.5, 0.6) is 5.75 Å². The van der Waals surface area contributed by atoms with Gasteiger partial charge in [0.15, 0.2) is 17.7 Å². The Morgan fingerprint density at radius 3 is 2.71 bits per heavy atom. The van der Waals surface area contributed by atoms with Crippen LogP contribution in [0.25, 0.3) is 16.9 Å². The van der Waals surface area contributed by atoms with Gasteiger partial charge in [-0.25, -0.2) is 4.68 Å². The van der Waals surface area contributed by atoms with E-state index < -0.39 is 0 Å². The van der Waals surface area contributed by atoms with Gasteiger partial charge in [-0.1, -0.05) is 28.1 Å². The minimum atomic E-state index is -0.354. The van der Waals surface area contributed by atoms with E-state index in [1.54, 1.807) is 10.9 Å². The number of nitrogens with zero attached hydrogens (tertiary/aromatic N) is 4. The zero-order valence-electron chi connectivity index (χ0n) is 15.8. The third-order valence-corrected chi connectivity index (χ3v) is 5.36. The first-order chi connectivity index (χ1) is 13.6. The van der Waals surface area contributed by atoms with Gasteiger partial charge in [0.25, 0.3) is 5.56 Å². The highest BCUT2D eigenvalue weighted by molar-refractivity contribution is 9.10. The van der Waals surface area contributed by atoms with Crippen molar-refractivity contribution < 1.29 is 9.47 Å². The zero-order chi connectivity index (χ0) is 19.7. The highest BCUT2D eigenvalue weighted by atomic mass is 79.9. The lowest BCUT2D eigenvalue weighted by Gasteiger charge is -2.24. The highest BCUT2D eigenvalue weighted by Crippen LogP contribution is 2.26. The monoisotopic (exact) mass is 444 g/mol. The fourth-order valence-electron chi connectivity index (χ4n) is 3.37. The predicted octanol–water partition coefficient (Wildman–Crippen LogP) is 3.87. The molecule has 0 N–H and O–H groups in total. The van der Waals surface area contributed by atoms with Gasteiger partial charge in [-0.15, -0.1) is 0 Å². The molecule has 1 atom stereocenters. The number of hydrogen-bond donors (Lipinski definition) is 0. The Morgan fingerprint density at radius 1 is 1.25 bits per heavy atom. The van der Waals surface area contributed by atoms with Gasteiger partial charge in [0.1, 0.15) is 0 Å². The highest BCUT2D eigenvalue weighted by Gasteiger charge is 2.24. The standard InChI is InChI=1S/C20H21BrN4O3/c1-13-11-16(14-6-8-15(21)9-7-14)23-24(13)19-17(27-2)12-22-25(20(19)26)18-5-3-4-10-28-18/h6-9,11-12,18H,3-5,10H2,1-2H3. The van der Waals surface area contributed by atoms with Gasteiger partial charge in [0, 0.05) is 22.3 Å². The van der Waals surface area contributed by atoms with Crippen LogP contribution in [0, 0.1) is 6.92 Å². The SMILES string of the molecule is COc1cnn(C2CCCCO2)c(=O)c1-n1nc(-c2ccc(Br)cc2)cc1C. The van der Waals surface area contributed by atoms with E-state index in [1.807, 2.05) is 37.3 Å². The molecular formula is C20H21BrN4O3. The minimum absolute atomic E-state index is 0.278. The number of methoxy groups -OCH3 is 1. The van der Waals surface area contributed by atoms with E-state index in [9.17, 15) is 4.79 Å². The van der Waals surface area contributed by atoms with Gasteiger partial charge in [-0.05, 0) is 44.4 Å². The molecule has 1 aromatic carbocycles. The van der Waals surface area contributed by atoms with E-state index >= 15 is 0 Å². The normalized spacial score (nSPS) is 16.9. The Morgan fingerprint density at radius 2 is 2.04 bits per heavy atom. The van der Waals surface area contributed by atoms with Crippen LogP contribution < -0.4 is 10.3 Å². The summed E-state index contributed by atoms with van der Waals surface area (Å²) >= 11 is 3.44. The Labute approximate surface area is 171 Å². The molecular weight excluding hydrogens is 424 g/mol. The van der Waals surface area contributed by atoms with Crippen molar-refractivity contribution in [3.8, 4) is 22.7 Å². The first-order valence-electron chi connectivity index (χ1n) is 9.19. The van der Waals surface area contributed by atoms with E-state index in [1.165, 1.54) is 11.8 Å². The number of halogens is 1. The van der Waals surface area contributed by atoms with Crippen LogP contribution >= 0.6 is 15.9 Å².